The van der Waals surface area contributed by atoms with Gasteiger partial charge in [-0.25, -0.2) is 0 Å². The van der Waals surface area contributed by atoms with E-state index in [0.29, 0.717) is 13.0 Å². The molecule has 4 nitrogen and oxygen atoms in total. The summed E-state index contributed by atoms with van der Waals surface area (Å²) in [6.45, 7) is 2.73. The number of furan rings is 1. The molecule has 1 aromatic carbocycles. The molecule has 2 aromatic rings. The monoisotopic (exact) mass is 284 g/mol. The van der Waals surface area contributed by atoms with E-state index in [4.69, 9.17) is 4.42 Å². The molecular formula is C17H20N2O2. The molecule has 0 unspecified atom stereocenters. The third kappa shape index (κ3) is 3.66. The van der Waals surface area contributed by atoms with Crippen LogP contribution < -0.4 is 10.2 Å². The number of carbonyl (C=O) groups excluding carboxylic acids is 1. The van der Waals surface area contributed by atoms with Gasteiger partial charge in [0.15, 0.2) is 0 Å². The van der Waals surface area contributed by atoms with Crippen LogP contribution in [0.2, 0.25) is 0 Å². The lowest BCUT2D eigenvalue weighted by Gasteiger charge is -2.17. The molecule has 0 spiro atoms. The Labute approximate surface area is 124 Å². The van der Waals surface area contributed by atoms with Gasteiger partial charge in [0.25, 0.3) is 0 Å². The zero-order valence-electron chi connectivity index (χ0n) is 12.0. The molecule has 0 atom stereocenters. The maximum atomic E-state index is 11.9. The van der Waals surface area contributed by atoms with Crippen molar-refractivity contribution in [1.29, 1.82) is 0 Å². The van der Waals surface area contributed by atoms with Crippen LogP contribution in [-0.2, 0) is 17.8 Å². The van der Waals surface area contributed by atoms with Crippen molar-refractivity contribution in [3.8, 4) is 0 Å². The normalized spacial score (nSPS) is 14.4. The van der Waals surface area contributed by atoms with Gasteiger partial charge >= 0.3 is 0 Å². The first-order valence-corrected chi connectivity index (χ1v) is 7.44. The van der Waals surface area contributed by atoms with Crippen LogP contribution >= 0.6 is 0 Å². The van der Waals surface area contributed by atoms with Gasteiger partial charge in [0.05, 0.1) is 19.2 Å². The number of nitrogens with zero attached hydrogens (tertiary/aromatic N) is 1. The standard InChI is InChI=1S/C17H20N2O2/c20-17(18-13-16-4-3-11-21-16)12-14-5-7-15(8-6-14)19-9-1-2-10-19/h3-8,11H,1-2,9-10,12-13H2,(H,18,20). The van der Waals surface area contributed by atoms with Gasteiger partial charge in [0, 0.05) is 18.8 Å². The fourth-order valence-corrected chi connectivity index (χ4v) is 2.65. The summed E-state index contributed by atoms with van der Waals surface area (Å²) in [5.74, 6) is 0.785. The van der Waals surface area contributed by atoms with E-state index in [1.54, 1.807) is 6.26 Å². The first kappa shape index (κ1) is 13.7. The second-order valence-corrected chi connectivity index (χ2v) is 5.39. The number of benzene rings is 1. The largest absolute Gasteiger partial charge is 0.467 e. The van der Waals surface area contributed by atoms with Crippen molar-refractivity contribution in [3.63, 3.8) is 0 Å². The first-order chi connectivity index (χ1) is 10.3. The molecule has 3 rings (SSSR count). The van der Waals surface area contributed by atoms with E-state index in [9.17, 15) is 4.79 Å². The van der Waals surface area contributed by atoms with Gasteiger partial charge in [-0.15, -0.1) is 0 Å². The number of nitrogens with one attached hydrogen (secondary N) is 1. The van der Waals surface area contributed by atoms with Gasteiger partial charge < -0.3 is 14.6 Å². The second kappa shape index (κ2) is 6.48. The van der Waals surface area contributed by atoms with Crippen molar-refractivity contribution in [2.24, 2.45) is 0 Å². The zero-order chi connectivity index (χ0) is 14.5. The predicted octanol–water partition coefficient (Wildman–Crippen LogP) is 2.74. The van der Waals surface area contributed by atoms with Crippen molar-refractivity contribution in [2.75, 3.05) is 18.0 Å². The minimum Gasteiger partial charge on any atom is -0.467 e. The summed E-state index contributed by atoms with van der Waals surface area (Å²) < 4.78 is 5.19. The lowest BCUT2D eigenvalue weighted by atomic mass is 10.1. The smallest absolute Gasteiger partial charge is 0.224 e. The lowest BCUT2D eigenvalue weighted by molar-refractivity contribution is -0.120. The Morgan fingerprint density at radius 1 is 1.14 bits per heavy atom. The fraction of sp³-hybridized carbons (Fsp3) is 0.353. The second-order valence-electron chi connectivity index (χ2n) is 5.39. The first-order valence-electron chi connectivity index (χ1n) is 7.44. The van der Waals surface area contributed by atoms with E-state index in [1.165, 1.54) is 18.5 Å². The van der Waals surface area contributed by atoms with E-state index >= 15 is 0 Å². The molecule has 110 valence electrons. The summed E-state index contributed by atoms with van der Waals surface area (Å²) in [5, 5.41) is 2.86. The SMILES string of the molecule is O=C(Cc1ccc(N2CCCC2)cc1)NCc1ccco1. The molecule has 2 heterocycles. The van der Waals surface area contributed by atoms with Crippen molar-refractivity contribution in [1.82, 2.24) is 5.32 Å². The molecule has 1 fully saturated rings. The molecule has 1 aliphatic rings. The third-order valence-electron chi connectivity index (χ3n) is 3.81. The molecule has 0 bridgehead atoms. The van der Waals surface area contributed by atoms with E-state index in [0.717, 1.165) is 24.4 Å². The quantitative estimate of drug-likeness (QED) is 0.918. The van der Waals surface area contributed by atoms with Gasteiger partial charge in [0.2, 0.25) is 5.91 Å². The van der Waals surface area contributed by atoms with Crippen LogP contribution in [0.3, 0.4) is 0 Å². The topological polar surface area (TPSA) is 45.5 Å². The molecule has 1 aromatic heterocycles. The number of hydrogen-bond donors (Lipinski definition) is 1. The molecule has 0 aliphatic carbocycles. The Hall–Kier alpha value is -2.23. The Bertz CT molecular complexity index is 569. The average molecular weight is 284 g/mol. The van der Waals surface area contributed by atoms with Crippen LogP contribution in [-0.4, -0.2) is 19.0 Å². The van der Waals surface area contributed by atoms with E-state index in [1.807, 2.05) is 24.3 Å². The number of anilines is 1. The molecule has 1 aliphatic heterocycles. The fourth-order valence-electron chi connectivity index (χ4n) is 2.65. The minimum atomic E-state index is 0.0142. The Morgan fingerprint density at radius 3 is 2.57 bits per heavy atom. The molecule has 21 heavy (non-hydrogen) atoms. The van der Waals surface area contributed by atoms with Crippen LogP contribution in [0.5, 0.6) is 0 Å². The van der Waals surface area contributed by atoms with Gasteiger partial charge in [-0.05, 0) is 42.7 Å². The highest BCUT2D eigenvalue weighted by atomic mass is 16.3. The summed E-state index contributed by atoms with van der Waals surface area (Å²) >= 11 is 0. The highest BCUT2D eigenvalue weighted by Gasteiger charge is 2.12. The van der Waals surface area contributed by atoms with Gasteiger partial charge in [0.1, 0.15) is 5.76 Å². The number of rotatable bonds is 5. The molecule has 1 amide bonds. The molecule has 0 radical (unpaired) electrons. The summed E-state index contributed by atoms with van der Waals surface area (Å²) in [7, 11) is 0. The average Bonchev–Trinajstić information content (AvgIpc) is 3.19. The molecule has 4 heteroatoms. The molecule has 0 saturated carbocycles. The van der Waals surface area contributed by atoms with E-state index < -0.39 is 0 Å². The number of carbonyl (C=O) groups is 1. The maximum Gasteiger partial charge on any atom is 0.224 e. The van der Waals surface area contributed by atoms with Crippen LogP contribution in [0.15, 0.2) is 47.1 Å². The van der Waals surface area contributed by atoms with Crippen LogP contribution in [0.4, 0.5) is 5.69 Å². The van der Waals surface area contributed by atoms with Crippen LogP contribution in [0, 0.1) is 0 Å². The Morgan fingerprint density at radius 2 is 1.90 bits per heavy atom. The van der Waals surface area contributed by atoms with Crippen LogP contribution in [0.1, 0.15) is 24.2 Å². The van der Waals surface area contributed by atoms with Gasteiger partial charge in [-0.2, -0.15) is 0 Å². The van der Waals surface area contributed by atoms with E-state index in [2.05, 4.69) is 22.3 Å². The Kier molecular flexibility index (Phi) is 4.24. The van der Waals surface area contributed by atoms with E-state index in [-0.39, 0.29) is 5.91 Å². The summed E-state index contributed by atoms with van der Waals surface area (Å²) in [4.78, 5) is 14.3. The molecule has 1 N–H and O–H groups in total. The predicted molar refractivity (Wildman–Crippen MR) is 82.1 cm³/mol. The van der Waals surface area contributed by atoms with Crippen molar-refractivity contribution in [2.45, 2.75) is 25.8 Å². The summed E-state index contributed by atoms with van der Waals surface area (Å²) in [6, 6.07) is 12.0. The van der Waals surface area contributed by atoms with Gasteiger partial charge in [-0.3, -0.25) is 4.79 Å². The summed E-state index contributed by atoms with van der Waals surface area (Å²) in [6.07, 6.45) is 4.56. The van der Waals surface area contributed by atoms with Crippen molar-refractivity contribution >= 4 is 11.6 Å². The Balaban J connectivity index is 1.51. The number of hydrogen-bond acceptors (Lipinski definition) is 3. The van der Waals surface area contributed by atoms with Gasteiger partial charge in [-0.1, -0.05) is 12.1 Å². The molecule has 1 saturated heterocycles. The maximum absolute atomic E-state index is 11.9. The lowest BCUT2D eigenvalue weighted by Crippen LogP contribution is -2.24. The highest BCUT2D eigenvalue weighted by molar-refractivity contribution is 5.78. The van der Waals surface area contributed by atoms with Crippen molar-refractivity contribution < 1.29 is 9.21 Å². The van der Waals surface area contributed by atoms with Crippen LogP contribution in [0.25, 0.3) is 0 Å². The zero-order valence-corrected chi connectivity index (χ0v) is 12.0. The van der Waals surface area contributed by atoms with Crippen molar-refractivity contribution in [3.05, 3.63) is 54.0 Å². The molecular weight excluding hydrogens is 264 g/mol. The third-order valence-corrected chi connectivity index (χ3v) is 3.81. The number of amides is 1. The highest BCUT2D eigenvalue weighted by Crippen LogP contribution is 2.20. The summed E-state index contributed by atoms with van der Waals surface area (Å²) in [5.41, 5.74) is 2.29. The minimum absolute atomic E-state index is 0.0142.